The van der Waals surface area contributed by atoms with Crippen LogP contribution in [0.2, 0.25) is 0 Å². The minimum atomic E-state index is -3.60. The number of hydrogen-bond donors (Lipinski definition) is 2. The fourth-order valence-corrected chi connectivity index (χ4v) is 3.34. The molecule has 2 fully saturated rings. The van der Waals surface area contributed by atoms with Crippen molar-refractivity contribution < 1.29 is 8.42 Å². The normalized spacial score (nSPS) is 22.9. The molecule has 110 valence electrons. The molecule has 0 amide bonds. The maximum atomic E-state index is 11.3. The van der Waals surface area contributed by atoms with Gasteiger partial charge < -0.3 is 10.2 Å². The van der Waals surface area contributed by atoms with Gasteiger partial charge in [-0.15, -0.1) is 0 Å². The topological polar surface area (TPSA) is 75.4 Å². The second kappa shape index (κ2) is 5.35. The minimum absolute atomic E-state index is 0.177. The first-order chi connectivity index (χ1) is 9.54. The summed E-state index contributed by atoms with van der Waals surface area (Å²) < 4.78 is 22.6. The molecule has 5 nitrogen and oxygen atoms in total. The zero-order valence-corrected chi connectivity index (χ0v) is 12.3. The summed E-state index contributed by atoms with van der Waals surface area (Å²) in [6.45, 7) is 2.10. The summed E-state index contributed by atoms with van der Waals surface area (Å²) in [4.78, 5) is 2.58. The van der Waals surface area contributed by atoms with E-state index in [9.17, 15) is 8.42 Å². The van der Waals surface area contributed by atoms with E-state index >= 15 is 0 Å². The number of anilines is 1. The summed E-state index contributed by atoms with van der Waals surface area (Å²) in [5.74, 6) is 0. The molecule has 1 saturated heterocycles. The molecule has 3 rings (SSSR count). The third-order valence-electron chi connectivity index (χ3n) is 4.06. The minimum Gasteiger partial charge on any atom is -0.367 e. The van der Waals surface area contributed by atoms with Gasteiger partial charge in [0.2, 0.25) is 10.0 Å². The monoisotopic (exact) mass is 295 g/mol. The Balaban J connectivity index is 1.77. The van der Waals surface area contributed by atoms with Crippen LogP contribution in [0.4, 0.5) is 5.69 Å². The van der Waals surface area contributed by atoms with Gasteiger partial charge >= 0.3 is 0 Å². The quantitative estimate of drug-likeness (QED) is 0.851. The molecule has 0 aromatic heterocycles. The molecule has 0 bridgehead atoms. The van der Waals surface area contributed by atoms with Crippen LogP contribution in [0.5, 0.6) is 0 Å². The maximum absolute atomic E-state index is 11.3. The third-order valence-corrected chi connectivity index (χ3v) is 4.99. The second-order valence-corrected chi connectivity index (χ2v) is 7.28. The van der Waals surface area contributed by atoms with Crippen LogP contribution in [0.25, 0.3) is 0 Å². The average Bonchev–Trinajstić information content (AvgIpc) is 3.12. The Hall–Kier alpha value is -1.11. The van der Waals surface area contributed by atoms with Gasteiger partial charge in [0.1, 0.15) is 0 Å². The van der Waals surface area contributed by atoms with Crippen molar-refractivity contribution in [2.24, 2.45) is 5.14 Å². The molecule has 1 saturated carbocycles. The number of nitrogens with two attached hydrogens (primary N) is 1. The first-order valence-corrected chi connectivity index (χ1v) is 8.71. The predicted octanol–water partition coefficient (Wildman–Crippen LogP) is 1.05. The van der Waals surface area contributed by atoms with Crippen LogP contribution in [0.3, 0.4) is 0 Å². The smallest absolute Gasteiger partial charge is 0.238 e. The van der Waals surface area contributed by atoms with Gasteiger partial charge in [-0.2, -0.15) is 0 Å². The largest absolute Gasteiger partial charge is 0.367 e. The third kappa shape index (κ3) is 3.13. The fraction of sp³-hybridized carbons (Fsp3) is 0.571. The molecule has 0 spiro atoms. The SMILES string of the molecule is NS(=O)(=O)c1ccc(N(CC2CCCN2)C2CC2)cc1. The van der Waals surface area contributed by atoms with E-state index in [2.05, 4.69) is 10.2 Å². The first-order valence-electron chi connectivity index (χ1n) is 7.17. The number of primary sulfonamides is 1. The Morgan fingerprint density at radius 1 is 1.20 bits per heavy atom. The van der Waals surface area contributed by atoms with Crippen molar-refractivity contribution in [2.75, 3.05) is 18.0 Å². The van der Waals surface area contributed by atoms with Crippen LogP contribution in [-0.2, 0) is 10.0 Å². The molecule has 1 atom stereocenters. The molecule has 1 aromatic rings. The Labute approximate surface area is 120 Å². The van der Waals surface area contributed by atoms with Crippen molar-refractivity contribution in [3.8, 4) is 0 Å². The average molecular weight is 295 g/mol. The lowest BCUT2D eigenvalue weighted by atomic mass is 10.2. The van der Waals surface area contributed by atoms with E-state index in [-0.39, 0.29) is 4.90 Å². The lowest BCUT2D eigenvalue weighted by molar-refractivity contribution is 0.578. The molecule has 1 heterocycles. The van der Waals surface area contributed by atoms with E-state index in [0.717, 1.165) is 18.8 Å². The van der Waals surface area contributed by atoms with Gasteiger partial charge in [0.05, 0.1) is 4.90 Å². The molecule has 1 aliphatic heterocycles. The van der Waals surface area contributed by atoms with Crippen LogP contribution in [0.1, 0.15) is 25.7 Å². The summed E-state index contributed by atoms with van der Waals surface area (Å²) in [7, 11) is -3.60. The van der Waals surface area contributed by atoms with Crippen LogP contribution in [-0.4, -0.2) is 33.6 Å². The highest BCUT2D eigenvalue weighted by atomic mass is 32.2. The molecule has 1 aromatic carbocycles. The Bertz CT molecular complexity index is 561. The predicted molar refractivity (Wildman–Crippen MR) is 79.2 cm³/mol. The van der Waals surface area contributed by atoms with Gasteiger partial charge in [0, 0.05) is 24.3 Å². The highest BCUT2D eigenvalue weighted by Crippen LogP contribution is 2.32. The Morgan fingerprint density at radius 3 is 2.40 bits per heavy atom. The molecule has 6 heteroatoms. The van der Waals surface area contributed by atoms with Gasteiger partial charge in [-0.3, -0.25) is 0 Å². The highest BCUT2D eigenvalue weighted by molar-refractivity contribution is 7.89. The van der Waals surface area contributed by atoms with Crippen LogP contribution in [0.15, 0.2) is 29.2 Å². The molecule has 0 radical (unpaired) electrons. The van der Waals surface area contributed by atoms with Gasteiger partial charge in [0.25, 0.3) is 0 Å². The summed E-state index contributed by atoms with van der Waals surface area (Å²) in [6, 6.07) is 8.09. The zero-order valence-electron chi connectivity index (χ0n) is 11.5. The zero-order chi connectivity index (χ0) is 14.2. The number of sulfonamides is 1. The molecule has 3 N–H and O–H groups in total. The number of rotatable bonds is 5. The van der Waals surface area contributed by atoms with Gasteiger partial charge in [0.15, 0.2) is 0 Å². The number of nitrogens with zero attached hydrogens (tertiary/aromatic N) is 1. The van der Waals surface area contributed by atoms with E-state index in [1.165, 1.54) is 25.7 Å². The van der Waals surface area contributed by atoms with Gasteiger partial charge in [-0.05, 0) is 56.5 Å². The number of hydrogen-bond acceptors (Lipinski definition) is 4. The molecule has 20 heavy (non-hydrogen) atoms. The molecule has 1 aliphatic carbocycles. The van der Waals surface area contributed by atoms with E-state index < -0.39 is 10.0 Å². The second-order valence-electron chi connectivity index (χ2n) is 5.72. The molecule has 1 unspecified atom stereocenters. The Kier molecular flexibility index (Phi) is 3.70. The van der Waals surface area contributed by atoms with Crippen molar-refractivity contribution in [1.29, 1.82) is 0 Å². The van der Waals surface area contributed by atoms with Gasteiger partial charge in [-0.1, -0.05) is 0 Å². The summed E-state index contributed by atoms with van der Waals surface area (Å²) in [5.41, 5.74) is 1.09. The molecular formula is C14H21N3O2S. The highest BCUT2D eigenvalue weighted by Gasteiger charge is 2.31. The van der Waals surface area contributed by atoms with Crippen molar-refractivity contribution in [3.63, 3.8) is 0 Å². The van der Waals surface area contributed by atoms with E-state index in [1.807, 2.05) is 12.1 Å². The summed E-state index contributed by atoms with van der Waals surface area (Å²) in [5, 5.41) is 8.65. The first kappa shape index (κ1) is 13.9. The fourth-order valence-electron chi connectivity index (χ4n) is 2.83. The maximum Gasteiger partial charge on any atom is 0.238 e. The number of benzene rings is 1. The molecular weight excluding hydrogens is 274 g/mol. The lowest BCUT2D eigenvalue weighted by Crippen LogP contribution is -2.38. The van der Waals surface area contributed by atoms with Crippen LogP contribution >= 0.6 is 0 Å². The Morgan fingerprint density at radius 2 is 1.90 bits per heavy atom. The van der Waals surface area contributed by atoms with Crippen molar-refractivity contribution in [2.45, 2.75) is 42.7 Å². The van der Waals surface area contributed by atoms with Crippen molar-refractivity contribution in [1.82, 2.24) is 5.32 Å². The van der Waals surface area contributed by atoms with Crippen molar-refractivity contribution in [3.05, 3.63) is 24.3 Å². The van der Waals surface area contributed by atoms with E-state index in [0.29, 0.717) is 12.1 Å². The standard InChI is InChI=1S/C14H21N3O2S/c15-20(18,19)14-7-5-13(6-8-14)17(12-3-4-12)10-11-2-1-9-16-11/h5-8,11-12,16H,1-4,9-10H2,(H2,15,18,19). The number of nitrogens with one attached hydrogen (secondary N) is 1. The van der Waals surface area contributed by atoms with Crippen LogP contribution < -0.4 is 15.4 Å². The van der Waals surface area contributed by atoms with Crippen LogP contribution in [0, 0.1) is 0 Å². The summed E-state index contributed by atoms with van der Waals surface area (Å²) >= 11 is 0. The van der Waals surface area contributed by atoms with Gasteiger partial charge in [-0.25, -0.2) is 13.6 Å². The van der Waals surface area contributed by atoms with E-state index in [1.54, 1.807) is 12.1 Å². The molecule has 2 aliphatic rings. The lowest BCUT2D eigenvalue weighted by Gasteiger charge is -2.28. The summed E-state index contributed by atoms with van der Waals surface area (Å²) in [6.07, 6.45) is 4.92. The van der Waals surface area contributed by atoms with E-state index in [4.69, 9.17) is 5.14 Å². The van der Waals surface area contributed by atoms with Crippen molar-refractivity contribution >= 4 is 15.7 Å².